The Labute approximate surface area is 101 Å². The van der Waals surface area contributed by atoms with Gasteiger partial charge in [0.2, 0.25) is 0 Å². The summed E-state index contributed by atoms with van der Waals surface area (Å²) in [6.45, 7) is 4.48. The molecule has 2 rings (SSSR count). The highest BCUT2D eigenvalue weighted by atomic mass is 35.5. The van der Waals surface area contributed by atoms with Crippen molar-refractivity contribution in [2.24, 2.45) is 0 Å². The average Bonchev–Trinajstić information content (AvgIpc) is 2.30. The molecular weight excluding hydrogens is 226 g/mol. The lowest BCUT2D eigenvalue weighted by atomic mass is 10.1. The van der Waals surface area contributed by atoms with Gasteiger partial charge in [0.1, 0.15) is 0 Å². The van der Waals surface area contributed by atoms with Gasteiger partial charge in [-0.3, -0.25) is 0 Å². The van der Waals surface area contributed by atoms with Crippen molar-refractivity contribution in [2.75, 3.05) is 29.5 Å². The zero-order valence-corrected chi connectivity index (χ0v) is 10.6. The SMILES string of the molecule is Cc1cc(N2CCSCC2)ccc1CCl. The molecule has 0 radical (unpaired) electrons. The van der Waals surface area contributed by atoms with Crippen LogP contribution in [0.1, 0.15) is 11.1 Å². The third-order valence-electron chi connectivity index (χ3n) is 2.85. The average molecular weight is 242 g/mol. The maximum absolute atomic E-state index is 5.85. The highest BCUT2D eigenvalue weighted by molar-refractivity contribution is 7.99. The monoisotopic (exact) mass is 241 g/mol. The van der Waals surface area contributed by atoms with Gasteiger partial charge < -0.3 is 4.90 Å². The van der Waals surface area contributed by atoms with Crippen LogP contribution in [-0.4, -0.2) is 24.6 Å². The van der Waals surface area contributed by atoms with Crippen molar-refractivity contribution in [2.45, 2.75) is 12.8 Å². The molecule has 82 valence electrons. The zero-order chi connectivity index (χ0) is 10.7. The number of halogens is 1. The third kappa shape index (κ3) is 2.61. The lowest BCUT2D eigenvalue weighted by Crippen LogP contribution is -2.32. The Morgan fingerprint density at radius 2 is 2.07 bits per heavy atom. The quantitative estimate of drug-likeness (QED) is 0.731. The van der Waals surface area contributed by atoms with E-state index >= 15 is 0 Å². The summed E-state index contributed by atoms with van der Waals surface area (Å²) in [6, 6.07) is 6.60. The fraction of sp³-hybridized carbons (Fsp3) is 0.500. The molecule has 1 heterocycles. The molecule has 1 nitrogen and oxygen atoms in total. The van der Waals surface area contributed by atoms with Crippen LogP contribution < -0.4 is 4.90 Å². The van der Waals surface area contributed by atoms with Crippen molar-refractivity contribution in [3.05, 3.63) is 29.3 Å². The maximum Gasteiger partial charge on any atom is 0.0476 e. The van der Waals surface area contributed by atoms with Crippen LogP contribution in [0.5, 0.6) is 0 Å². The standard InChI is InChI=1S/C12H16ClNS/c1-10-8-12(3-2-11(10)9-13)14-4-6-15-7-5-14/h2-3,8H,4-7,9H2,1H3. The molecule has 0 saturated carbocycles. The minimum atomic E-state index is 0.613. The highest BCUT2D eigenvalue weighted by Crippen LogP contribution is 2.23. The first-order valence-electron chi connectivity index (χ1n) is 5.29. The van der Waals surface area contributed by atoms with Gasteiger partial charge in [-0.05, 0) is 30.2 Å². The number of rotatable bonds is 2. The Hall–Kier alpha value is -0.340. The van der Waals surface area contributed by atoms with Crippen molar-refractivity contribution < 1.29 is 0 Å². The molecule has 0 aliphatic carbocycles. The first kappa shape index (κ1) is 11.2. The summed E-state index contributed by atoms with van der Waals surface area (Å²) >= 11 is 7.90. The second kappa shape index (κ2) is 5.13. The normalized spacial score (nSPS) is 16.8. The van der Waals surface area contributed by atoms with E-state index in [-0.39, 0.29) is 0 Å². The number of benzene rings is 1. The smallest absolute Gasteiger partial charge is 0.0476 e. The van der Waals surface area contributed by atoms with Crippen LogP contribution in [0.3, 0.4) is 0 Å². The van der Waals surface area contributed by atoms with Crippen molar-refractivity contribution >= 4 is 29.1 Å². The third-order valence-corrected chi connectivity index (χ3v) is 4.08. The molecule has 1 aliphatic rings. The molecule has 1 aliphatic heterocycles. The molecule has 0 atom stereocenters. The summed E-state index contributed by atoms with van der Waals surface area (Å²) in [5.74, 6) is 3.11. The molecule has 0 bridgehead atoms. The number of aryl methyl sites for hydroxylation is 1. The molecule has 1 fully saturated rings. The molecule has 0 aromatic heterocycles. The number of anilines is 1. The highest BCUT2D eigenvalue weighted by Gasteiger charge is 2.11. The Kier molecular flexibility index (Phi) is 3.81. The van der Waals surface area contributed by atoms with Crippen LogP contribution in [0, 0.1) is 6.92 Å². The van der Waals surface area contributed by atoms with Crippen LogP contribution in [0.25, 0.3) is 0 Å². The summed E-state index contributed by atoms with van der Waals surface area (Å²) in [4.78, 5) is 2.46. The zero-order valence-electron chi connectivity index (χ0n) is 9.00. The topological polar surface area (TPSA) is 3.24 Å². The van der Waals surface area contributed by atoms with Gasteiger partial charge in [0, 0.05) is 36.2 Å². The van der Waals surface area contributed by atoms with E-state index in [1.807, 2.05) is 11.8 Å². The second-order valence-corrected chi connectivity index (χ2v) is 5.34. The fourth-order valence-corrected chi connectivity index (χ4v) is 3.05. The van der Waals surface area contributed by atoms with Crippen LogP contribution in [0.4, 0.5) is 5.69 Å². The van der Waals surface area contributed by atoms with Crippen LogP contribution >= 0.6 is 23.4 Å². The molecule has 3 heteroatoms. The van der Waals surface area contributed by atoms with Gasteiger partial charge >= 0.3 is 0 Å². The van der Waals surface area contributed by atoms with E-state index in [1.165, 1.54) is 41.4 Å². The number of hydrogen-bond acceptors (Lipinski definition) is 2. The van der Waals surface area contributed by atoms with E-state index in [9.17, 15) is 0 Å². The molecule has 0 spiro atoms. The number of alkyl halides is 1. The lowest BCUT2D eigenvalue weighted by molar-refractivity contribution is 0.857. The van der Waals surface area contributed by atoms with Gasteiger partial charge in [0.15, 0.2) is 0 Å². The Balaban J connectivity index is 2.17. The van der Waals surface area contributed by atoms with Gasteiger partial charge in [-0.25, -0.2) is 0 Å². The second-order valence-electron chi connectivity index (χ2n) is 3.84. The Bertz CT molecular complexity index is 334. The predicted molar refractivity (Wildman–Crippen MR) is 70.3 cm³/mol. The predicted octanol–water partition coefficient (Wildman–Crippen LogP) is 3.29. The molecular formula is C12H16ClNS. The number of nitrogens with zero attached hydrogens (tertiary/aromatic N) is 1. The van der Waals surface area contributed by atoms with Gasteiger partial charge in [-0.15, -0.1) is 11.6 Å². The van der Waals surface area contributed by atoms with E-state index in [2.05, 4.69) is 30.0 Å². The molecule has 0 unspecified atom stereocenters. The van der Waals surface area contributed by atoms with Gasteiger partial charge in [-0.1, -0.05) is 6.07 Å². The minimum Gasteiger partial charge on any atom is -0.370 e. The molecule has 1 aromatic rings. The lowest BCUT2D eigenvalue weighted by Gasteiger charge is -2.29. The fourth-order valence-electron chi connectivity index (χ4n) is 1.85. The van der Waals surface area contributed by atoms with Crippen molar-refractivity contribution in [1.82, 2.24) is 0 Å². The Morgan fingerprint density at radius 3 is 2.67 bits per heavy atom. The van der Waals surface area contributed by atoms with Gasteiger partial charge in [0.05, 0.1) is 0 Å². The van der Waals surface area contributed by atoms with E-state index in [1.54, 1.807) is 0 Å². The molecule has 1 aromatic carbocycles. The summed E-state index contributed by atoms with van der Waals surface area (Å²) in [6.07, 6.45) is 0. The van der Waals surface area contributed by atoms with Crippen LogP contribution in [0.2, 0.25) is 0 Å². The van der Waals surface area contributed by atoms with E-state index in [0.29, 0.717) is 5.88 Å². The number of hydrogen-bond donors (Lipinski definition) is 0. The largest absolute Gasteiger partial charge is 0.370 e. The molecule has 0 N–H and O–H groups in total. The maximum atomic E-state index is 5.85. The van der Waals surface area contributed by atoms with Gasteiger partial charge in [-0.2, -0.15) is 11.8 Å². The van der Waals surface area contributed by atoms with Crippen molar-refractivity contribution in [1.29, 1.82) is 0 Å². The van der Waals surface area contributed by atoms with Crippen LogP contribution in [-0.2, 0) is 5.88 Å². The van der Waals surface area contributed by atoms with Gasteiger partial charge in [0.25, 0.3) is 0 Å². The molecule has 0 amide bonds. The Morgan fingerprint density at radius 1 is 1.33 bits per heavy atom. The van der Waals surface area contributed by atoms with Crippen molar-refractivity contribution in [3.63, 3.8) is 0 Å². The first-order valence-corrected chi connectivity index (χ1v) is 6.98. The summed E-state index contributed by atoms with van der Waals surface area (Å²) < 4.78 is 0. The van der Waals surface area contributed by atoms with E-state index in [4.69, 9.17) is 11.6 Å². The minimum absolute atomic E-state index is 0.613. The first-order chi connectivity index (χ1) is 7.31. The van der Waals surface area contributed by atoms with E-state index < -0.39 is 0 Å². The van der Waals surface area contributed by atoms with Crippen molar-refractivity contribution in [3.8, 4) is 0 Å². The molecule has 1 saturated heterocycles. The summed E-state index contributed by atoms with van der Waals surface area (Å²) in [5.41, 5.74) is 3.90. The summed E-state index contributed by atoms with van der Waals surface area (Å²) in [7, 11) is 0. The molecule has 15 heavy (non-hydrogen) atoms. The van der Waals surface area contributed by atoms with Crippen LogP contribution in [0.15, 0.2) is 18.2 Å². The summed E-state index contributed by atoms with van der Waals surface area (Å²) in [5, 5.41) is 0. The van der Waals surface area contributed by atoms with E-state index in [0.717, 1.165) is 0 Å². The number of thioether (sulfide) groups is 1.